The molecule has 3 amide bonds. The number of carbonyl (C=O) groups excluding carboxylic acids is 3. The number of nitrogens with one attached hydrogen (secondary N) is 1. The van der Waals surface area contributed by atoms with E-state index in [4.69, 9.17) is 10.5 Å². The van der Waals surface area contributed by atoms with Crippen molar-refractivity contribution in [2.75, 3.05) is 0 Å². The lowest BCUT2D eigenvalue weighted by Gasteiger charge is -2.13. The van der Waals surface area contributed by atoms with Crippen LogP contribution in [0.4, 0.5) is 4.79 Å². The van der Waals surface area contributed by atoms with E-state index in [1.807, 2.05) is 0 Å². The first-order valence-electron chi connectivity index (χ1n) is 6.41. The van der Waals surface area contributed by atoms with Crippen molar-refractivity contribution >= 4 is 28.7 Å². The van der Waals surface area contributed by atoms with E-state index in [0.717, 1.165) is 10.8 Å². The lowest BCUT2D eigenvalue weighted by molar-refractivity contribution is -0.127. The summed E-state index contributed by atoms with van der Waals surface area (Å²) in [6.45, 7) is 1.29. The van der Waals surface area contributed by atoms with E-state index in [2.05, 4.69) is 0 Å². The number of hydrogen-bond acceptors (Lipinski definition) is 5. The Morgan fingerprint density at radius 2 is 1.77 bits per heavy atom. The normalized spacial score (nSPS) is 11.7. The lowest BCUT2D eigenvalue weighted by Crippen LogP contribution is -2.42. The summed E-state index contributed by atoms with van der Waals surface area (Å²) in [5.74, 6) is -1.98. The number of imide groups is 1. The van der Waals surface area contributed by atoms with Crippen molar-refractivity contribution in [1.29, 1.82) is 0 Å². The largest absolute Gasteiger partial charge is 0.507 e. The van der Waals surface area contributed by atoms with Crippen molar-refractivity contribution in [3.8, 4) is 5.75 Å². The number of primary amides is 1. The number of nitrogens with two attached hydrogens (primary N) is 1. The van der Waals surface area contributed by atoms with Crippen LogP contribution in [0, 0.1) is 0 Å². The molecule has 1 atom stereocenters. The molecule has 0 bridgehead atoms. The number of phenolic OH excluding ortho intramolecular Hbond substituents is 1. The minimum Gasteiger partial charge on any atom is -0.507 e. The molecular weight excluding hydrogens is 288 g/mol. The summed E-state index contributed by atoms with van der Waals surface area (Å²) in [7, 11) is 0. The first-order chi connectivity index (χ1) is 10.4. The Bertz CT molecular complexity index is 757. The first-order valence-corrected chi connectivity index (χ1v) is 6.41. The zero-order valence-electron chi connectivity index (χ0n) is 11.7. The Morgan fingerprint density at radius 3 is 2.36 bits per heavy atom. The van der Waals surface area contributed by atoms with Crippen LogP contribution in [0.1, 0.15) is 17.3 Å². The third-order valence-electron chi connectivity index (χ3n) is 2.98. The predicted molar refractivity (Wildman–Crippen MR) is 78.2 cm³/mol. The maximum Gasteiger partial charge on any atom is 0.342 e. The summed E-state index contributed by atoms with van der Waals surface area (Å²) in [6.07, 6.45) is -1.23. The fraction of sp³-hybridized carbons (Fsp3) is 0.133. The van der Waals surface area contributed by atoms with Gasteiger partial charge in [0, 0.05) is 0 Å². The number of ether oxygens (including phenoxy) is 1. The van der Waals surface area contributed by atoms with E-state index in [0.29, 0.717) is 0 Å². The molecule has 0 aliphatic carbocycles. The van der Waals surface area contributed by atoms with Crippen LogP contribution in [0.5, 0.6) is 5.75 Å². The number of benzene rings is 2. The molecule has 0 spiro atoms. The van der Waals surface area contributed by atoms with Gasteiger partial charge in [-0.3, -0.25) is 10.1 Å². The molecule has 114 valence electrons. The van der Waals surface area contributed by atoms with Crippen LogP contribution in [0.2, 0.25) is 0 Å². The van der Waals surface area contributed by atoms with Gasteiger partial charge in [-0.25, -0.2) is 9.59 Å². The second kappa shape index (κ2) is 6.13. The maximum absolute atomic E-state index is 12.0. The van der Waals surface area contributed by atoms with Gasteiger partial charge in [-0.1, -0.05) is 24.3 Å². The van der Waals surface area contributed by atoms with Crippen molar-refractivity contribution in [2.45, 2.75) is 13.0 Å². The Morgan fingerprint density at radius 1 is 1.18 bits per heavy atom. The molecule has 7 heteroatoms. The topological polar surface area (TPSA) is 119 Å². The maximum atomic E-state index is 12.0. The highest BCUT2D eigenvalue weighted by Gasteiger charge is 2.22. The van der Waals surface area contributed by atoms with Gasteiger partial charge in [0.1, 0.15) is 11.3 Å². The second-order valence-electron chi connectivity index (χ2n) is 4.62. The molecule has 0 radical (unpaired) electrons. The Balaban J connectivity index is 2.20. The zero-order valence-corrected chi connectivity index (χ0v) is 11.7. The number of urea groups is 1. The minimum absolute atomic E-state index is 0.0718. The van der Waals surface area contributed by atoms with Crippen LogP contribution in [-0.2, 0) is 9.53 Å². The third kappa shape index (κ3) is 3.32. The number of esters is 1. The molecule has 2 aromatic rings. The Hall–Kier alpha value is -3.09. The van der Waals surface area contributed by atoms with E-state index >= 15 is 0 Å². The minimum atomic E-state index is -1.23. The summed E-state index contributed by atoms with van der Waals surface area (Å²) in [6, 6.07) is 9.00. The summed E-state index contributed by atoms with van der Waals surface area (Å²) in [5, 5.41) is 13.2. The number of amides is 3. The second-order valence-corrected chi connectivity index (χ2v) is 4.62. The molecule has 22 heavy (non-hydrogen) atoms. The molecule has 0 aliphatic rings. The van der Waals surface area contributed by atoms with Crippen molar-refractivity contribution in [3.05, 3.63) is 42.0 Å². The number of carbonyl (C=O) groups is 3. The fourth-order valence-corrected chi connectivity index (χ4v) is 1.89. The molecule has 0 heterocycles. The van der Waals surface area contributed by atoms with Gasteiger partial charge >= 0.3 is 12.0 Å². The number of phenols is 1. The van der Waals surface area contributed by atoms with Crippen molar-refractivity contribution in [2.24, 2.45) is 5.73 Å². The number of hydrogen-bond donors (Lipinski definition) is 3. The smallest absolute Gasteiger partial charge is 0.342 e. The van der Waals surface area contributed by atoms with E-state index in [9.17, 15) is 19.5 Å². The van der Waals surface area contributed by atoms with E-state index in [1.165, 1.54) is 19.1 Å². The lowest BCUT2D eigenvalue weighted by atomic mass is 10.1. The van der Waals surface area contributed by atoms with Gasteiger partial charge in [0.2, 0.25) is 0 Å². The highest BCUT2D eigenvalue weighted by Crippen LogP contribution is 2.25. The van der Waals surface area contributed by atoms with Crippen LogP contribution >= 0.6 is 0 Å². The molecule has 2 aromatic carbocycles. The van der Waals surface area contributed by atoms with Gasteiger partial charge < -0.3 is 15.6 Å². The molecule has 0 saturated carbocycles. The van der Waals surface area contributed by atoms with Gasteiger partial charge in [-0.2, -0.15) is 0 Å². The van der Waals surface area contributed by atoms with Gasteiger partial charge in [0.15, 0.2) is 6.10 Å². The third-order valence-corrected chi connectivity index (χ3v) is 2.98. The van der Waals surface area contributed by atoms with E-state index < -0.39 is 24.0 Å². The predicted octanol–water partition coefficient (Wildman–Crippen LogP) is 1.29. The van der Waals surface area contributed by atoms with Crippen LogP contribution < -0.4 is 11.1 Å². The SMILES string of the molecule is CC(OC(=O)c1cc2ccccc2cc1O)C(=O)NC(N)=O. The van der Waals surface area contributed by atoms with Gasteiger partial charge in [0.25, 0.3) is 5.91 Å². The molecule has 0 aromatic heterocycles. The van der Waals surface area contributed by atoms with Crippen LogP contribution in [-0.4, -0.2) is 29.1 Å². The zero-order chi connectivity index (χ0) is 16.3. The number of rotatable bonds is 3. The van der Waals surface area contributed by atoms with Crippen molar-refractivity contribution in [1.82, 2.24) is 5.32 Å². The monoisotopic (exact) mass is 302 g/mol. The summed E-state index contributed by atoms with van der Waals surface area (Å²) >= 11 is 0. The summed E-state index contributed by atoms with van der Waals surface area (Å²) in [4.78, 5) is 34.1. The van der Waals surface area contributed by atoms with E-state index in [-0.39, 0.29) is 11.3 Å². The molecule has 7 nitrogen and oxygen atoms in total. The molecule has 0 saturated heterocycles. The summed E-state index contributed by atoms with van der Waals surface area (Å²) in [5.41, 5.74) is 4.74. The van der Waals surface area contributed by atoms with Gasteiger partial charge in [-0.05, 0) is 29.8 Å². The fourth-order valence-electron chi connectivity index (χ4n) is 1.89. The van der Waals surface area contributed by atoms with Crippen LogP contribution in [0.25, 0.3) is 10.8 Å². The Kier molecular flexibility index (Phi) is 4.26. The quantitative estimate of drug-likeness (QED) is 0.738. The number of aromatic hydroxyl groups is 1. The van der Waals surface area contributed by atoms with Gasteiger partial charge in [-0.15, -0.1) is 0 Å². The standard InChI is InChI=1S/C15H14N2O5/c1-8(13(19)17-15(16)21)22-14(20)11-6-9-4-2-3-5-10(9)7-12(11)18/h2-8,18H,1H3,(H3,16,17,19,21). The Labute approximate surface area is 125 Å². The van der Waals surface area contributed by atoms with Crippen LogP contribution in [0.15, 0.2) is 36.4 Å². The molecule has 4 N–H and O–H groups in total. The average Bonchev–Trinajstić information content (AvgIpc) is 2.45. The van der Waals surface area contributed by atoms with E-state index in [1.54, 1.807) is 29.6 Å². The molecule has 1 unspecified atom stereocenters. The van der Waals surface area contributed by atoms with Crippen LogP contribution in [0.3, 0.4) is 0 Å². The van der Waals surface area contributed by atoms with Crippen molar-refractivity contribution < 1.29 is 24.2 Å². The highest BCUT2D eigenvalue weighted by molar-refractivity contribution is 6.01. The number of fused-ring (bicyclic) bond motifs is 1. The molecule has 0 aliphatic heterocycles. The molecule has 0 fully saturated rings. The highest BCUT2D eigenvalue weighted by atomic mass is 16.5. The first kappa shape index (κ1) is 15.3. The van der Waals surface area contributed by atoms with Crippen molar-refractivity contribution in [3.63, 3.8) is 0 Å². The average molecular weight is 302 g/mol. The van der Waals surface area contributed by atoms with Gasteiger partial charge in [0.05, 0.1) is 0 Å². The molecular formula is C15H14N2O5. The molecule has 2 rings (SSSR count). The summed E-state index contributed by atoms with van der Waals surface area (Å²) < 4.78 is 4.91.